The minimum Gasteiger partial charge on any atom is -0.495 e. The Morgan fingerprint density at radius 2 is 1.59 bits per heavy atom. The molecule has 2 saturated heterocycles. The Hall–Kier alpha value is -3.22. The lowest BCUT2D eigenvalue weighted by Crippen LogP contribution is -2.51. The van der Waals surface area contributed by atoms with Crippen molar-refractivity contribution < 1.29 is 14.3 Å². The van der Waals surface area contributed by atoms with Gasteiger partial charge in [0.1, 0.15) is 12.3 Å². The zero-order chi connectivity index (χ0) is 20.2. The van der Waals surface area contributed by atoms with E-state index in [9.17, 15) is 9.59 Å². The van der Waals surface area contributed by atoms with Gasteiger partial charge < -0.3 is 19.4 Å². The standard InChI is InChI=1S/C22H26N4O3/c1-29-20-10-6-5-9-19(20)26-16-15-25(22(26)28)17-21(27)24-13-11-23(12-14-24)18-7-3-2-4-8-18/h2-10H,11-17H2,1H3. The third-order valence-corrected chi connectivity index (χ3v) is 5.55. The fraction of sp³-hybridized carbons (Fsp3) is 0.364. The normalized spacial score (nSPS) is 17.1. The van der Waals surface area contributed by atoms with Crippen LogP contribution < -0.4 is 14.5 Å². The van der Waals surface area contributed by atoms with E-state index in [1.165, 1.54) is 5.69 Å². The number of rotatable bonds is 5. The molecule has 2 fully saturated rings. The van der Waals surface area contributed by atoms with Gasteiger partial charge in [-0.2, -0.15) is 0 Å². The molecule has 7 heteroatoms. The van der Waals surface area contributed by atoms with Crippen LogP contribution in [0.25, 0.3) is 0 Å². The summed E-state index contributed by atoms with van der Waals surface area (Å²) in [5.74, 6) is 0.666. The molecule has 0 radical (unpaired) electrons. The van der Waals surface area contributed by atoms with Crippen LogP contribution in [0.15, 0.2) is 54.6 Å². The van der Waals surface area contributed by atoms with Gasteiger partial charge in [0.15, 0.2) is 0 Å². The summed E-state index contributed by atoms with van der Waals surface area (Å²) in [6.45, 7) is 4.16. The predicted octanol–water partition coefficient (Wildman–Crippen LogP) is 2.29. The number of carbonyl (C=O) groups excluding carboxylic acids is 2. The van der Waals surface area contributed by atoms with Crippen molar-refractivity contribution in [3.63, 3.8) is 0 Å². The Morgan fingerprint density at radius 3 is 2.31 bits per heavy atom. The van der Waals surface area contributed by atoms with E-state index in [0.29, 0.717) is 31.9 Å². The van der Waals surface area contributed by atoms with Crippen molar-refractivity contribution >= 4 is 23.3 Å². The molecule has 2 aliphatic rings. The van der Waals surface area contributed by atoms with Crippen LogP contribution in [-0.2, 0) is 4.79 Å². The van der Waals surface area contributed by atoms with Crippen molar-refractivity contribution in [3.8, 4) is 5.75 Å². The zero-order valence-corrected chi connectivity index (χ0v) is 16.7. The number of nitrogens with zero attached hydrogens (tertiary/aromatic N) is 4. The molecular weight excluding hydrogens is 368 g/mol. The van der Waals surface area contributed by atoms with Crippen LogP contribution in [0.1, 0.15) is 0 Å². The molecule has 2 aromatic carbocycles. The van der Waals surface area contributed by atoms with E-state index >= 15 is 0 Å². The molecule has 29 heavy (non-hydrogen) atoms. The molecule has 7 nitrogen and oxygen atoms in total. The van der Waals surface area contributed by atoms with E-state index in [1.807, 2.05) is 47.4 Å². The third-order valence-electron chi connectivity index (χ3n) is 5.55. The average Bonchev–Trinajstić information content (AvgIpc) is 3.14. The maximum absolute atomic E-state index is 12.8. The van der Waals surface area contributed by atoms with Crippen molar-refractivity contribution in [2.24, 2.45) is 0 Å². The molecule has 2 heterocycles. The fourth-order valence-corrected chi connectivity index (χ4v) is 3.92. The van der Waals surface area contributed by atoms with Gasteiger partial charge >= 0.3 is 6.03 Å². The highest BCUT2D eigenvalue weighted by molar-refractivity contribution is 5.97. The smallest absolute Gasteiger partial charge is 0.325 e. The van der Waals surface area contributed by atoms with Crippen molar-refractivity contribution in [1.29, 1.82) is 0 Å². The van der Waals surface area contributed by atoms with E-state index in [2.05, 4.69) is 17.0 Å². The highest BCUT2D eigenvalue weighted by atomic mass is 16.5. The Kier molecular flexibility index (Phi) is 5.55. The van der Waals surface area contributed by atoms with Crippen molar-refractivity contribution in [2.45, 2.75) is 0 Å². The highest BCUT2D eigenvalue weighted by Crippen LogP contribution is 2.30. The van der Waals surface area contributed by atoms with Gasteiger partial charge in [-0.25, -0.2) is 4.79 Å². The number of carbonyl (C=O) groups is 2. The summed E-state index contributed by atoms with van der Waals surface area (Å²) in [7, 11) is 1.59. The molecule has 3 amide bonds. The number of para-hydroxylation sites is 3. The largest absolute Gasteiger partial charge is 0.495 e. The minimum absolute atomic E-state index is 0.00735. The van der Waals surface area contributed by atoms with E-state index in [0.717, 1.165) is 18.8 Å². The first-order valence-electron chi connectivity index (χ1n) is 9.94. The summed E-state index contributed by atoms with van der Waals surface area (Å²) in [6.07, 6.45) is 0. The molecule has 0 aliphatic carbocycles. The van der Waals surface area contributed by atoms with E-state index < -0.39 is 0 Å². The van der Waals surface area contributed by atoms with Gasteiger partial charge in [-0.15, -0.1) is 0 Å². The van der Waals surface area contributed by atoms with Gasteiger partial charge in [0.25, 0.3) is 0 Å². The Labute approximate surface area is 171 Å². The summed E-state index contributed by atoms with van der Waals surface area (Å²) >= 11 is 0. The molecule has 4 rings (SSSR count). The molecule has 0 saturated carbocycles. The Bertz CT molecular complexity index is 865. The van der Waals surface area contributed by atoms with Gasteiger partial charge in [-0.1, -0.05) is 30.3 Å². The molecule has 0 N–H and O–H groups in total. The van der Waals surface area contributed by atoms with Gasteiger partial charge in [0.05, 0.1) is 12.8 Å². The molecule has 0 unspecified atom stereocenters. The van der Waals surface area contributed by atoms with Gasteiger partial charge in [-0.05, 0) is 24.3 Å². The second-order valence-electron chi connectivity index (χ2n) is 7.23. The summed E-state index contributed by atoms with van der Waals surface area (Å²) in [5, 5.41) is 0. The number of ether oxygens (including phenoxy) is 1. The summed E-state index contributed by atoms with van der Waals surface area (Å²) < 4.78 is 5.37. The second kappa shape index (κ2) is 8.43. The fourth-order valence-electron chi connectivity index (χ4n) is 3.92. The van der Waals surface area contributed by atoms with Crippen LogP contribution in [-0.4, -0.2) is 74.7 Å². The number of benzene rings is 2. The van der Waals surface area contributed by atoms with E-state index in [1.54, 1.807) is 16.9 Å². The quantitative estimate of drug-likeness (QED) is 0.781. The number of piperazine rings is 1. The molecule has 0 spiro atoms. The topological polar surface area (TPSA) is 56.3 Å². The van der Waals surface area contributed by atoms with Crippen LogP contribution in [0.5, 0.6) is 5.75 Å². The van der Waals surface area contributed by atoms with Gasteiger partial charge in [-0.3, -0.25) is 9.69 Å². The Morgan fingerprint density at radius 1 is 0.897 bits per heavy atom. The Balaban J connectivity index is 1.33. The number of methoxy groups -OCH3 is 1. The van der Waals surface area contributed by atoms with Crippen molar-refractivity contribution in [2.75, 3.05) is 62.7 Å². The highest BCUT2D eigenvalue weighted by Gasteiger charge is 2.33. The molecule has 2 aromatic rings. The average molecular weight is 394 g/mol. The number of urea groups is 1. The maximum atomic E-state index is 12.8. The predicted molar refractivity (Wildman–Crippen MR) is 113 cm³/mol. The second-order valence-corrected chi connectivity index (χ2v) is 7.23. The molecule has 0 bridgehead atoms. The van der Waals surface area contributed by atoms with Crippen LogP contribution >= 0.6 is 0 Å². The molecular formula is C22H26N4O3. The number of hydrogen-bond donors (Lipinski definition) is 0. The number of anilines is 2. The first-order valence-corrected chi connectivity index (χ1v) is 9.94. The third kappa shape index (κ3) is 3.99. The van der Waals surface area contributed by atoms with Crippen LogP contribution in [0.4, 0.5) is 16.2 Å². The molecule has 2 aliphatic heterocycles. The van der Waals surface area contributed by atoms with E-state index in [4.69, 9.17) is 4.74 Å². The van der Waals surface area contributed by atoms with Crippen LogP contribution in [0.3, 0.4) is 0 Å². The van der Waals surface area contributed by atoms with Gasteiger partial charge in [0.2, 0.25) is 5.91 Å². The lowest BCUT2D eigenvalue weighted by Gasteiger charge is -2.36. The molecule has 152 valence electrons. The van der Waals surface area contributed by atoms with Crippen molar-refractivity contribution in [1.82, 2.24) is 9.80 Å². The minimum atomic E-state index is -0.147. The summed E-state index contributed by atoms with van der Waals surface area (Å²) in [5.41, 5.74) is 1.92. The lowest BCUT2D eigenvalue weighted by molar-refractivity contribution is -0.131. The van der Waals surface area contributed by atoms with Crippen LogP contribution in [0, 0.1) is 0 Å². The van der Waals surface area contributed by atoms with Crippen molar-refractivity contribution in [3.05, 3.63) is 54.6 Å². The number of hydrogen-bond acceptors (Lipinski definition) is 4. The first-order chi connectivity index (χ1) is 14.2. The zero-order valence-electron chi connectivity index (χ0n) is 16.7. The molecule has 0 atom stereocenters. The van der Waals surface area contributed by atoms with Gasteiger partial charge in [0, 0.05) is 45.0 Å². The summed E-state index contributed by atoms with van der Waals surface area (Å²) in [4.78, 5) is 33.1. The number of amides is 3. The molecule has 0 aromatic heterocycles. The lowest BCUT2D eigenvalue weighted by atomic mass is 10.2. The SMILES string of the molecule is COc1ccccc1N1CCN(CC(=O)N2CCN(c3ccccc3)CC2)C1=O. The van der Waals surface area contributed by atoms with Crippen LogP contribution in [0.2, 0.25) is 0 Å². The monoisotopic (exact) mass is 394 g/mol. The maximum Gasteiger partial charge on any atom is 0.325 e. The van der Waals surface area contributed by atoms with E-state index in [-0.39, 0.29) is 18.5 Å². The summed E-state index contributed by atoms with van der Waals surface area (Å²) in [6, 6.07) is 17.5. The first kappa shape index (κ1) is 19.1.